The lowest BCUT2D eigenvalue weighted by atomic mass is 9.92. The molecule has 0 aromatic carbocycles. The maximum atomic E-state index is 11.5. The Labute approximate surface area is 97.3 Å². The monoisotopic (exact) mass is 247 g/mol. The molecule has 3 unspecified atom stereocenters. The molecule has 94 valence electrons. The molecular formula is C11H21NO3S. The van der Waals surface area contributed by atoms with Crippen molar-refractivity contribution >= 4 is 9.84 Å². The molecule has 1 saturated heterocycles. The summed E-state index contributed by atoms with van der Waals surface area (Å²) in [6, 6.07) is 0.156. The van der Waals surface area contributed by atoms with Crippen LogP contribution in [0, 0.1) is 0 Å². The van der Waals surface area contributed by atoms with Gasteiger partial charge in [-0.3, -0.25) is 0 Å². The molecule has 0 aromatic heterocycles. The molecule has 3 atom stereocenters. The third-order valence-electron chi connectivity index (χ3n) is 3.64. The third kappa shape index (κ3) is 3.18. The van der Waals surface area contributed by atoms with Crippen molar-refractivity contribution < 1.29 is 13.5 Å². The summed E-state index contributed by atoms with van der Waals surface area (Å²) in [7, 11) is -2.84. The van der Waals surface area contributed by atoms with Crippen LogP contribution in [0.3, 0.4) is 0 Å². The molecule has 0 spiro atoms. The average molecular weight is 247 g/mol. The van der Waals surface area contributed by atoms with Gasteiger partial charge in [0.1, 0.15) is 0 Å². The largest absolute Gasteiger partial charge is 0.392 e. The molecule has 0 aromatic rings. The first-order valence-corrected chi connectivity index (χ1v) is 8.03. The van der Waals surface area contributed by atoms with E-state index in [0.29, 0.717) is 5.75 Å². The third-order valence-corrected chi connectivity index (χ3v) is 5.46. The van der Waals surface area contributed by atoms with Gasteiger partial charge in [0.25, 0.3) is 0 Å². The van der Waals surface area contributed by atoms with Crippen LogP contribution in [0.2, 0.25) is 0 Å². The van der Waals surface area contributed by atoms with Crippen molar-refractivity contribution in [3.8, 4) is 0 Å². The van der Waals surface area contributed by atoms with Gasteiger partial charge in [-0.1, -0.05) is 12.8 Å². The Balaban J connectivity index is 1.88. The molecule has 2 rings (SSSR count). The molecule has 16 heavy (non-hydrogen) atoms. The topological polar surface area (TPSA) is 66.4 Å². The first-order valence-electron chi connectivity index (χ1n) is 6.21. The number of aliphatic hydroxyl groups is 1. The van der Waals surface area contributed by atoms with E-state index < -0.39 is 9.84 Å². The standard InChI is InChI=1S/C11H21NO3S/c13-11-6-2-1-5-10(11)12-9-4-3-7-16(14,15)8-9/h9-13H,1-8H2. The molecule has 0 amide bonds. The second-order valence-corrected chi connectivity index (χ2v) is 7.31. The summed E-state index contributed by atoms with van der Waals surface area (Å²) in [6.07, 6.45) is 5.41. The quantitative estimate of drug-likeness (QED) is 0.744. The second-order valence-electron chi connectivity index (χ2n) is 5.08. The zero-order valence-corrected chi connectivity index (χ0v) is 10.4. The van der Waals surface area contributed by atoms with Crippen LogP contribution in [-0.2, 0) is 9.84 Å². The van der Waals surface area contributed by atoms with Crippen molar-refractivity contribution in [2.45, 2.75) is 56.7 Å². The number of sulfone groups is 1. The molecule has 4 nitrogen and oxygen atoms in total. The van der Waals surface area contributed by atoms with Gasteiger partial charge >= 0.3 is 0 Å². The highest BCUT2D eigenvalue weighted by molar-refractivity contribution is 7.91. The Kier molecular flexibility index (Phi) is 3.87. The SMILES string of the molecule is O=S1(=O)CCCC(NC2CCCCC2O)C1. The van der Waals surface area contributed by atoms with Gasteiger partial charge in [-0.05, 0) is 25.7 Å². The Bertz CT molecular complexity index is 328. The molecule has 1 heterocycles. The van der Waals surface area contributed by atoms with Crippen LogP contribution in [0.25, 0.3) is 0 Å². The second kappa shape index (κ2) is 5.02. The zero-order chi connectivity index (χ0) is 11.6. The maximum absolute atomic E-state index is 11.5. The molecule has 2 aliphatic rings. The minimum Gasteiger partial charge on any atom is -0.392 e. The number of hydrogen-bond acceptors (Lipinski definition) is 4. The van der Waals surface area contributed by atoms with Crippen molar-refractivity contribution in [1.82, 2.24) is 5.32 Å². The number of hydrogen-bond donors (Lipinski definition) is 2. The van der Waals surface area contributed by atoms with Crippen molar-refractivity contribution in [2.24, 2.45) is 0 Å². The van der Waals surface area contributed by atoms with E-state index >= 15 is 0 Å². The number of aliphatic hydroxyl groups excluding tert-OH is 1. The maximum Gasteiger partial charge on any atom is 0.151 e. The summed E-state index contributed by atoms with van der Waals surface area (Å²) in [4.78, 5) is 0. The Morgan fingerprint density at radius 2 is 1.81 bits per heavy atom. The van der Waals surface area contributed by atoms with E-state index in [2.05, 4.69) is 5.32 Å². The smallest absolute Gasteiger partial charge is 0.151 e. The van der Waals surface area contributed by atoms with Crippen molar-refractivity contribution in [3.63, 3.8) is 0 Å². The van der Waals surface area contributed by atoms with Crippen LogP contribution in [-0.4, -0.2) is 43.2 Å². The van der Waals surface area contributed by atoms with Crippen LogP contribution in [0.15, 0.2) is 0 Å². The van der Waals surface area contributed by atoms with Crippen molar-refractivity contribution in [2.75, 3.05) is 11.5 Å². The van der Waals surface area contributed by atoms with Gasteiger partial charge in [-0.25, -0.2) is 8.42 Å². The summed E-state index contributed by atoms with van der Waals surface area (Å²) >= 11 is 0. The summed E-state index contributed by atoms with van der Waals surface area (Å²) in [6.45, 7) is 0. The molecule has 2 fully saturated rings. The van der Waals surface area contributed by atoms with E-state index in [4.69, 9.17) is 0 Å². The van der Waals surface area contributed by atoms with E-state index in [1.54, 1.807) is 0 Å². The lowest BCUT2D eigenvalue weighted by Gasteiger charge is -2.33. The predicted molar refractivity (Wildman–Crippen MR) is 63.1 cm³/mol. The fourth-order valence-electron chi connectivity index (χ4n) is 2.76. The van der Waals surface area contributed by atoms with Crippen LogP contribution < -0.4 is 5.32 Å². The number of rotatable bonds is 2. The average Bonchev–Trinajstić information content (AvgIpc) is 2.20. The van der Waals surface area contributed by atoms with Crippen LogP contribution in [0.5, 0.6) is 0 Å². The summed E-state index contributed by atoms with van der Waals surface area (Å²) in [5.41, 5.74) is 0. The summed E-state index contributed by atoms with van der Waals surface area (Å²) in [5.74, 6) is 0.578. The van der Waals surface area contributed by atoms with Crippen LogP contribution >= 0.6 is 0 Å². The zero-order valence-electron chi connectivity index (χ0n) is 9.56. The van der Waals surface area contributed by atoms with Gasteiger partial charge in [-0.15, -0.1) is 0 Å². The van der Waals surface area contributed by atoms with E-state index in [0.717, 1.165) is 38.5 Å². The van der Waals surface area contributed by atoms with Gasteiger partial charge in [0.15, 0.2) is 9.84 Å². The molecule has 0 bridgehead atoms. The molecule has 1 aliphatic carbocycles. The minimum absolute atomic E-state index is 0.0523. The first kappa shape index (κ1) is 12.3. The first-order chi connectivity index (χ1) is 7.57. The molecule has 5 heteroatoms. The van der Waals surface area contributed by atoms with E-state index in [1.807, 2.05) is 0 Å². The molecule has 0 radical (unpaired) electrons. The summed E-state index contributed by atoms with van der Waals surface area (Å²) < 4.78 is 23.0. The van der Waals surface area contributed by atoms with Gasteiger partial charge < -0.3 is 10.4 Å². The van der Waals surface area contributed by atoms with Gasteiger partial charge in [0.05, 0.1) is 17.6 Å². The van der Waals surface area contributed by atoms with E-state index in [9.17, 15) is 13.5 Å². The Morgan fingerprint density at radius 1 is 1.06 bits per heavy atom. The number of nitrogens with one attached hydrogen (secondary N) is 1. The van der Waals surface area contributed by atoms with Crippen LogP contribution in [0.4, 0.5) is 0 Å². The minimum atomic E-state index is -2.84. The Hall–Kier alpha value is -0.130. The fourth-order valence-corrected chi connectivity index (χ4v) is 4.41. The molecule has 2 N–H and O–H groups in total. The highest BCUT2D eigenvalue weighted by atomic mass is 32.2. The molecule has 1 aliphatic heterocycles. The Morgan fingerprint density at radius 3 is 2.50 bits per heavy atom. The highest BCUT2D eigenvalue weighted by Crippen LogP contribution is 2.21. The molecular weight excluding hydrogens is 226 g/mol. The van der Waals surface area contributed by atoms with Crippen molar-refractivity contribution in [3.05, 3.63) is 0 Å². The van der Waals surface area contributed by atoms with E-state index in [1.165, 1.54) is 0 Å². The lowest BCUT2D eigenvalue weighted by molar-refractivity contribution is 0.0852. The normalized spacial score (nSPS) is 39.4. The van der Waals surface area contributed by atoms with Crippen LogP contribution in [0.1, 0.15) is 38.5 Å². The van der Waals surface area contributed by atoms with Gasteiger partial charge in [0, 0.05) is 12.1 Å². The van der Waals surface area contributed by atoms with E-state index in [-0.39, 0.29) is 23.9 Å². The highest BCUT2D eigenvalue weighted by Gasteiger charge is 2.29. The van der Waals surface area contributed by atoms with Crippen molar-refractivity contribution in [1.29, 1.82) is 0 Å². The van der Waals surface area contributed by atoms with Gasteiger partial charge in [-0.2, -0.15) is 0 Å². The lowest BCUT2D eigenvalue weighted by Crippen LogP contribution is -2.50. The van der Waals surface area contributed by atoms with Gasteiger partial charge in [0.2, 0.25) is 0 Å². The predicted octanol–water partition coefficient (Wildman–Crippen LogP) is 0.457. The molecule has 1 saturated carbocycles. The summed E-state index contributed by atoms with van der Waals surface area (Å²) in [5, 5.41) is 13.2. The fraction of sp³-hybridized carbons (Fsp3) is 1.00.